The summed E-state index contributed by atoms with van der Waals surface area (Å²) in [6.45, 7) is 4.81. The van der Waals surface area contributed by atoms with E-state index in [4.69, 9.17) is 4.74 Å². The zero-order chi connectivity index (χ0) is 22.4. The molecule has 31 heavy (non-hydrogen) atoms. The van der Waals surface area contributed by atoms with Crippen LogP contribution in [-0.2, 0) is 24.3 Å². The summed E-state index contributed by atoms with van der Waals surface area (Å²) in [4.78, 5) is 25.3. The summed E-state index contributed by atoms with van der Waals surface area (Å²) in [5, 5.41) is 3.19. The van der Waals surface area contributed by atoms with Gasteiger partial charge in [0.2, 0.25) is 10.0 Å². The first-order valence-electron chi connectivity index (χ1n) is 11.2. The van der Waals surface area contributed by atoms with Gasteiger partial charge in [-0.3, -0.25) is 9.59 Å². The molecule has 2 N–H and O–H groups in total. The molecule has 0 saturated heterocycles. The first-order chi connectivity index (χ1) is 14.6. The van der Waals surface area contributed by atoms with E-state index in [-0.39, 0.29) is 16.3 Å². The lowest BCUT2D eigenvalue weighted by Crippen LogP contribution is -2.61. The number of benzene rings is 1. The molecule has 4 bridgehead atoms. The van der Waals surface area contributed by atoms with E-state index in [0.717, 1.165) is 24.8 Å². The fraction of sp³-hybridized carbons (Fsp3) is 0.652. The van der Waals surface area contributed by atoms with Gasteiger partial charge in [0.1, 0.15) is 6.04 Å². The minimum absolute atomic E-state index is 0.0744. The first-order valence-corrected chi connectivity index (χ1v) is 12.6. The third kappa shape index (κ3) is 4.80. The number of rotatable bonds is 7. The van der Waals surface area contributed by atoms with Crippen LogP contribution in [0.15, 0.2) is 29.2 Å². The Hall–Kier alpha value is -1.93. The molecule has 7 nitrogen and oxygen atoms in total. The minimum atomic E-state index is -3.87. The zero-order valence-electron chi connectivity index (χ0n) is 18.4. The number of hydrogen-bond acceptors (Lipinski definition) is 5. The summed E-state index contributed by atoms with van der Waals surface area (Å²) >= 11 is 0. The van der Waals surface area contributed by atoms with Crippen LogP contribution < -0.4 is 10.0 Å². The van der Waals surface area contributed by atoms with E-state index in [1.165, 1.54) is 45.2 Å². The molecule has 2 atom stereocenters. The van der Waals surface area contributed by atoms with Crippen molar-refractivity contribution in [3.05, 3.63) is 29.8 Å². The molecule has 4 aliphatic rings. The van der Waals surface area contributed by atoms with Gasteiger partial charge in [-0.15, -0.1) is 0 Å². The Morgan fingerprint density at radius 2 is 1.52 bits per heavy atom. The van der Waals surface area contributed by atoms with Crippen LogP contribution in [0, 0.1) is 24.7 Å². The van der Waals surface area contributed by atoms with Gasteiger partial charge in [0.25, 0.3) is 5.91 Å². The van der Waals surface area contributed by atoms with Crippen LogP contribution in [0.25, 0.3) is 0 Å². The second-order valence-corrected chi connectivity index (χ2v) is 11.6. The summed E-state index contributed by atoms with van der Waals surface area (Å²) in [6, 6.07) is 5.23. The zero-order valence-corrected chi connectivity index (χ0v) is 19.2. The number of hydrogen-bond donors (Lipinski definition) is 2. The van der Waals surface area contributed by atoms with Gasteiger partial charge in [0.05, 0.1) is 4.90 Å². The van der Waals surface area contributed by atoms with E-state index >= 15 is 0 Å². The normalized spacial score (nSPS) is 31.1. The van der Waals surface area contributed by atoms with Crippen LogP contribution >= 0.6 is 0 Å². The van der Waals surface area contributed by atoms with Gasteiger partial charge in [-0.25, -0.2) is 8.42 Å². The average molecular weight is 449 g/mol. The van der Waals surface area contributed by atoms with Crippen LogP contribution in [0.2, 0.25) is 0 Å². The van der Waals surface area contributed by atoms with E-state index < -0.39 is 28.1 Å². The number of carbonyl (C=O) groups excluding carboxylic acids is 2. The first kappa shape index (κ1) is 22.3. The Bertz CT molecular complexity index is 921. The third-order valence-corrected chi connectivity index (χ3v) is 8.66. The molecule has 0 aliphatic heterocycles. The van der Waals surface area contributed by atoms with Crippen LogP contribution in [0.3, 0.4) is 0 Å². The molecule has 170 valence electrons. The monoisotopic (exact) mass is 448 g/mol. The molecular weight excluding hydrogens is 416 g/mol. The number of nitrogens with one attached hydrogen (secondary N) is 2. The number of amides is 1. The molecule has 0 heterocycles. The fourth-order valence-electron chi connectivity index (χ4n) is 6.02. The van der Waals surface area contributed by atoms with Gasteiger partial charge in [-0.2, -0.15) is 4.72 Å². The van der Waals surface area contributed by atoms with E-state index in [1.54, 1.807) is 12.1 Å². The molecule has 2 unspecified atom stereocenters. The Morgan fingerprint density at radius 3 is 2.03 bits per heavy atom. The smallest absolute Gasteiger partial charge is 0.324 e. The summed E-state index contributed by atoms with van der Waals surface area (Å²) in [7, 11) is -3.87. The molecule has 4 fully saturated rings. The lowest BCUT2D eigenvalue weighted by atomic mass is 9.53. The SMILES string of the molecule is Cc1ccc(S(=O)(=O)NC(C)C(=O)OC(C)C(=O)NC23CC4CC(CC(C4)C2)C3)cc1. The van der Waals surface area contributed by atoms with Crippen molar-refractivity contribution in [3.8, 4) is 0 Å². The number of aryl methyl sites for hydroxylation is 1. The molecule has 1 amide bonds. The molecular formula is C23H32N2O5S. The van der Waals surface area contributed by atoms with Crippen molar-refractivity contribution < 1.29 is 22.7 Å². The number of sulfonamides is 1. The molecule has 0 aromatic heterocycles. The number of carbonyl (C=O) groups is 2. The fourth-order valence-corrected chi connectivity index (χ4v) is 7.21. The Labute approximate surface area is 184 Å². The molecule has 4 aliphatic carbocycles. The minimum Gasteiger partial charge on any atom is -0.451 e. The largest absolute Gasteiger partial charge is 0.451 e. The summed E-state index contributed by atoms with van der Waals surface area (Å²) in [5.74, 6) is 1.01. The van der Waals surface area contributed by atoms with Gasteiger partial charge < -0.3 is 10.1 Å². The number of ether oxygens (including phenoxy) is 1. The van der Waals surface area contributed by atoms with Crippen LogP contribution in [-0.4, -0.2) is 38.0 Å². The van der Waals surface area contributed by atoms with Crippen LogP contribution in [0.1, 0.15) is 57.9 Å². The van der Waals surface area contributed by atoms with Crippen LogP contribution in [0.4, 0.5) is 0 Å². The third-order valence-electron chi connectivity index (χ3n) is 7.11. The van der Waals surface area contributed by atoms with Crippen molar-refractivity contribution in [2.75, 3.05) is 0 Å². The highest BCUT2D eigenvalue weighted by molar-refractivity contribution is 7.89. The standard InChI is InChI=1S/C23H32N2O5S/c1-14-4-6-20(7-5-14)31(28,29)25-15(2)22(27)30-16(3)21(26)24-23-11-17-8-18(12-23)10-19(9-17)13-23/h4-7,15-19,25H,8-13H2,1-3H3,(H,24,26). The lowest BCUT2D eigenvalue weighted by Gasteiger charge is -2.57. The Balaban J connectivity index is 1.32. The van der Waals surface area contributed by atoms with Crippen LogP contribution in [0.5, 0.6) is 0 Å². The highest BCUT2D eigenvalue weighted by Gasteiger charge is 2.51. The summed E-state index contributed by atoms with van der Waals surface area (Å²) in [5.41, 5.74) is 0.774. The highest BCUT2D eigenvalue weighted by atomic mass is 32.2. The van der Waals surface area contributed by atoms with Crippen molar-refractivity contribution >= 4 is 21.9 Å². The summed E-state index contributed by atoms with van der Waals surface area (Å²) in [6.07, 6.45) is 5.88. The predicted molar refractivity (Wildman–Crippen MR) is 116 cm³/mol. The van der Waals surface area contributed by atoms with Gasteiger partial charge >= 0.3 is 5.97 Å². The molecule has 5 rings (SSSR count). The van der Waals surface area contributed by atoms with Crippen molar-refractivity contribution in [3.63, 3.8) is 0 Å². The molecule has 0 radical (unpaired) electrons. The summed E-state index contributed by atoms with van der Waals surface area (Å²) < 4.78 is 32.6. The maximum absolute atomic E-state index is 12.8. The van der Waals surface area contributed by atoms with Gasteiger partial charge in [0, 0.05) is 5.54 Å². The van der Waals surface area contributed by atoms with Crippen molar-refractivity contribution in [2.24, 2.45) is 17.8 Å². The van der Waals surface area contributed by atoms with Gasteiger partial charge in [0.15, 0.2) is 6.10 Å². The van der Waals surface area contributed by atoms with Gasteiger partial charge in [-0.1, -0.05) is 17.7 Å². The average Bonchev–Trinajstić information content (AvgIpc) is 2.66. The Morgan fingerprint density at radius 1 is 1.00 bits per heavy atom. The van der Waals surface area contributed by atoms with E-state index in [1.807, 2.05) is 6.92 Å². The molecule has 8 heteroatoms. The topological polar surface area (TPSA) is 102 Å². The second kappa shape index (κ2) is 8.20. The van der Waals surface area contributed by atoms with Crippen molar-refractivity contribution in [2.45, 2.75) is 81.9 Å². The predicted octanol–water partition coefficient (Wildman–Crippen LogP) is 2.68. The van der Waals surface area contributed by atoms with E-state index in [9.17, 15) is 18.0 Å². The molecule has 4 saturated carbocycles. The number of esters is 1. The Kier molecular flexibility index (Phi) is 5.89. The second-order valence-electron chi connectivity index (χ2n) is 9.92. The van der Waals surface area contributed by atoms with E-state index in [2.05, 4.69) is 10.0 Å². The lowest BCUT2D eigenvalue weighted by molar-refractivity contribution is -0.157. The quantitative estimate of drug-likeness (QED) is 0.625. The van der Waals surface area contributed by atoms with E-state index in [0.29, 0.717) is 17.8 Å². The van der Waals surface area contributed by atoms with Gasteiger partial charge in [-0.05, 0) is 89.2 Å². The van der Waals surface area contributed by atoms with Crippen molar-refractivity contribution in [1.82, 2.24) is 10.0 Å². The molecule has 1 aromatic rings. The maximum atomic E-state index is 12.8. The molecule has 0 spiro atoms. The highest BCUT2D eigenvalue weighted by Crippen LogP contribution is 2.55. The van der Waals surface area contributed by atoms with Crippen molar-refractivity contribution in [1.29, 1.82) is 0 Å². The molecule has 1 aromatic carbocycles. The maximum Gasteiger partial charge on any atom is 0.324 e.